The molecule has 37 heavy (non-hydrogen) atoms. The molecule has 5 rings (SSSR count). The Balaban J connectivity index is 0.000000907. The van der Waals surface area contributed by atoms with Crippen molar-refractivity contribution in [2.45, 2.75) is 39.0 Å². The molecule has 1 aliphatic carbocycles. The molecule has 0 fully saturated rings. The van der Waals surface area contributed by atoms with Crippen molar-refractivity contribution in [3.63, 3.8) is 0 Å². The number of nitrogen functional groups attached to an aromatic ring is 1. The van der Waals surface area contributed by atoms with Crippen LogP contribution in [0.3, 0.4) is 0 Å². The third-order valence-electron chi connectivity index (χ3n) is 6.60. The third kappa shape index (κ3) is 6.55. The van der Waals surface area contributed by atoms with Gasteiger partial charge in [0.1, 0.15) is 0 Å². The van der Waals surface area contributed by atoms with Gasteiger partial charge in [0.25, 0.3) is 0 Å². The summed E-state index contributed by atoms with van der Waals surface area (Å²) in [5.74, 6) is 0.688. The van der Waals surface area contributed by atoms with Crippen molar-refractivity contribution >= 4 is 17.8 Å². The fraction of sp³-hybridized carbons (Fsp3) is 0.206. The maximum absolute atomic E-state index is 9.16. The first kappa shape index (κ1) is 27.5. The lowest BCUT2D eigenvalue weighted by molar-refractivity contribution is 0.399. The van der Waals surface area contributed by atoms with E-state index in [0.717, 1.165) is 24.8 Å². The molecule has 0 heterocycles. The van der Waals surface area contributed by atoms with Crippen molar-refractivity contribution < 1.29 is 5.11 Å². The predicted molar refractivity (Wildman–Crippen MR) is 156 cm³/mol. The number of rotatable bonds is 4. The van der Waals surface area contributed by atoms with Crippen LogP contribution in [0.1, 0.15) is 70.2 Å². The lowest BCUT2D eigenvalue weighted by Crippen LogP contribution is -2.08. The molecule has 0 aliphatic heterocycles. The molecule has 2 atom stereocenters. The molecule has 4 aromatic rings. The summed E-state index contributed by atoms with van der Waals surface area (Å²) in [5, 5.41) is 16.2. The van der Waals surface area contributed by atoms with Gasteiger partial charge in [0.2, 0.25) is 0 Å². The van der Waals surface area contributed by atoms with E-state index in [-0.39, 0.29) is 0 Å². The summed E-state index contributed by atoms with van der Waals surface area (Å²) in [6, 6.07) is 34.0. The van der Waals surface area contributed by atoms with Crippen molar-refractivity contribution in [3.8, 4) is 6.07 Å². The molecule has 1 aliphatic rings. The van der Waals surface area contributed by atoms with Gasteiger partial charge in [0.15, 0.2) is 0 Å². The first-order valence-electron chi connectivity index (χ1n) is 12.8. The predicted octanol–water partition coefficient (Wildman–Crippen LogP) is 7.73. The first-order valence-corrected chi connectivity index (χ1v) is 12.8. The van der Waals surface area contributed by atoms with Gasteiger partial charge in [0.05, 0.1) is 11.6 Å². The molecular weight excluding hydrogens is 452 g/mol. The second-order valence-electron chi connectivity index (χ2n) is 8.90. The highest BCUT2D eigenvalue weighted by Crippen LogP contribution is 2.48. The SMILES string of the molecule is CC.CO.Cc1cccc([C@H]2c3cc(/C=C/c4cccc(C#N)c4)ccc3CC2c2ccc(N)cc2)c1. The minimum absolute atomic E-state index is 0.304. The van der Waals surface area contributed by atoms with E-state index >= 15 is 0 Å². The summed E-state index contributed by atoms with van der Waals surface area (Å²) in [5.41, 5.74) is 16.4. The standard InChI is InChI=1S/C31H26N2.C2H6.CH4O/c1-21-4-2-7-27(16-21)31-29-18-23(9-8-22-5-3-6-24(17-22)20-32)10-11-26(29)19-30(31)25-12-14-28(33)15-13-25;2*1-2/h2-18,30-31H,19,33H2,1H3;1-2H3;2H,1H3/b9-8+;;/t30?,31-;;/m0../s1. The lowest BCUT2D eigenvalue weighted by atomic mass is 9.81. The summed E-state index contributed by atoms with van der Waals surface area (Å²) in [6.07, 6.45) is 5.24. The minimum Gasteiger partial charge on any atom is -0.400 e. The number of aliphatic hydroxyl groups excluding tert-OH is 1. The molecule has 0 bridgehead atoms. The van der Waals surface area contributed by atoms with Crippen LogP contribution in [0.4, 0.5) is 5.69 Å². The number of anilines is 1. The van der Waals surface area contributed by atoms with Gasteiger partial charge in [-0.3, -0.25) is 0 Å². The molecule has 1 unspecified atom stereocenters. The average Bonchev–Trinajstić information content (AvgIpc) is 3.33. The molecule has 3 N–H and O–H groups in total. The zero-order valence-corrected chi connectivity index (χ0v) is 22.1. The van der Waals surface area contributed by atoms with Crippen LogP contribution in [0.2, 0.25) is 0 Å². The van der Waals surface area contributed by atoms with Gasteiger partial charge >= 0.3 is 0 Å². The van der Waals surface area contributed by atoms with Gasteiger partial charge in [-0.25, -0.2) is 0 Å². The van der Waals surface area contributed by atoms with Crippen LogP contribution in [0.5, 0.6) is 0 Å². The minimum atomic E-state index is 0.304. The number of benzene rings is 4. The number of nitrogens with two attached hydrogens (primary N) is 1. The van der Waals surface area contributed by atoms with E-state index < -0.39 is 0 Å². The number of aliphatic hydroxyl groups is 1. The smallest absolute Gasteiger partial charge is 0.0991 e. The van der Waals surface area contributed by atoms with Crippen molar-refractivity contribution in [1.29, 1.82) is 5.26 Å². The van der Waals surface area contributed by atoms with Crippen LogP contribution >= 0.6 is 0 Å². The molecule has 0 saturated heterocycles. The average molecular weight is 489 g/mol. The summed E-state index contributed by atoms with van der Waals surface area (Å²) in [4.78, 5) is 0. The van der Waals surface area contributed by atoms with Gasteiger partial charge in [-0.2, -0.15) is 5.26 Å². The fourth-order valence-corrected chi connectivity index (χ4v) is 5.00. The summed E-state index contributed by atoms with van der Waals surface area (Å²) in [6.45, 7) is 6.16. The van der Waals surface area contributed by atoms with E-state index in [2.05, 4.69) is 79.7 Å². The molecule has 0 spiro atoms. The van der Waals surface area contributed by atoms with Gasteiger partial charge < -0.3 is 10.8 Å². The Morgan fingerprint density at radius 3 is 2.16 bits per heavy atom. The molecule has 3 heteroatoms. The molecular formula is C34H36N2O. The van der Waals surface area contributed by atoms with Crippen molar-refractivity contribution in [1.82, 2.24) is 0 Å². The Morgan fingerprint density at radius 2 is 1.49 bits per heavy atom. The van der Waals surface area contributed by atoms with Crippen molar-refractivity contribution in [2.75, 3.05) is 12.8 Å². The number of fused-ring (bicyclic) bond motifs is 1. The Morgan fingerprint density at radius 1 is 0.811 bits per heavy atom. The Hall–Kier alpha value is -4.13. The monoisotopic (exact) mass is 488 g/mol. The van der Waals surface area contributed by atoms with E-state index in [1.54, 1.807) is 0 Å². The Bertz CT molecular complexity index is 1380. The topological polar surface area (TPSA) is 70.0 Å². The van der Waals surface area contributed by atoms with Crippen LogP contribution in [0, 0.1) is 18.3 Å². The van der Waals surface area contributed by atoms with E-state index in [1.807, 2.05) is 50.2 Å². The van der Waals surface area contributed by atoms with Gasteiger partial charge in [-0.15, -0.1) is 0 Å². The maximum atomic E-state index is 9.16. The Kier molecular flexibility index (Phi) is 9.84. The molecule has 4 aromatic carbocycles. The highest BCUT2D eigenvalue weighted by atomic mass is 16.2. The molecule has 3 nitrogen and oxygen atoms in total. The third-order valence-corrected chi connectivity index (χ3v) is 6.60. The molecule has 188 valence electrons. The van der Waals surface area contributed by atoms with E-state index in [0.29, 0.717) is 17.4 Å². The van der Waals surface area contributed by atoms with E-state index in [9.17, 15) is 0 Å². The van der Waals surface area contributed by atoms with Crippen LogP contribution < -0.4 is 5.73 Å². The quantitative estimate of drug-likeness (QED) is 0.228. The second-order valence-corrected chi connectivity index (χ2v) is 8.90. The maximum Gasteiger partial charge on any atom is 0.0991 e. The normalized spacial score (nSPS) is 15.6. The zero-order valence-electron chi connectivity index (χ0n) is 22.1. The number of hydrogen-bond acceptors (Lipinski definition) is 3. The number of nitriles is 1. The van der Waals surface area contributed by atoms with Crippen LogP contribution in [-0.2, 0) is 6.42 Å². The number of aryl methyl sites for hydroxylation is 1. The number of nitrogens with zero attached hydrogens (tertiary/aromatic N) is 1. The molecule has 0 saturated carbocycles. The Labute approximate surface area is 221 Å². The van der Waals surface area contributed by atoms with E-state index in [4.69, 9.17) is 16.1 Å². The van der Waals surface area contributed by atoms with Gasteiger partial charge in [0, 0.05) is 18.7 Å². The van der Waals surface area contributed by atoms with Crippen LogP contribution in [0.15, 0.2) is 91.0 Å². The lowest BCUT2D eigenvalue weighted by Gasteiger charge is -2.22. The first-order chi connectivity index (χ1) is 18.1. The summed E-state index contributed by atoms with van der Waals surface area (Å²) < 4.78 is 0. The van der Waals surface area contributed by atoms with E-state index in [1.165, 1.54) is 33.4 Å². The molecule has 0 aromatic heterocycles. The van der Waals surface area contributed by atoms with Gasteiger partial charge in [-0.1, -0.05) is 98.3 Å². The van der Waals surface area contributed by atoms with Gasteiger partial charge in [-0.05, 0) is 76.9 Å². The number of hydrogen-bond donors (Lipinski definition) is 2. The van der Waals surface area contributed by atoms with Crippen LogP contribution in [0.25, 0.3) is 12.2 Å². The van der Waals surface area contributed by atoms with Crippen molar-refractivity contribution in [3.05, 3.63) is 136 Å². The summed E-state index contributed by atoms with van der Waals surface area (Å²) >= 11 is 0. The largest absolute Gasteiger partial charge is 0.400 e. The molecule has 0 amide bonds. The highest BCUT2D eigenvalue weighted by molar-refractivity contribution is 5.71. The van der Waals surface area contributed by atoms with Crippen molar-refractivity contribution in [2.24, 2.45) is 0 Å². The zero-order chi connectivity index (χ0) is 26.8. The fourth-order valence-electron chi connectivity index (χ4n) is 5.00. The van der Waals surface area contributed by atoms with Crippen LogP contribution in [-0.4, -0.2) is 12.2 Å². The summed E-state index contributed by atoms with van der Waals surface area (Å²) in [7, 11) is 1.00. The second kappa shape index (κ2) is 13.3. The molecule has 0 radical (unpaired) electrons. The highest BCUT2D eigenvalue weighted by Gasteiger charge is 2.34.